The highest BCUT2D eigenvalue weighted by molar-refractivity contribution is 5.90. The fourth-order valence-electron chi connectivity index (χ4n) is 2.31. The van der Waals surface area contributed by atoms with Crippen LogP contribution in [0.15, 0.2) is 30.3 Å². The standard InChI is InChI=1S/C15H17N5O3/c1-16-14(21)13-17-12-9-19(7-8-20(12)18-13)15(22)23-10-11-5-3-2-4-6-11/h2-6H,7-10H2,1H3,(H,16,21). The molecule has 1 aliphatic heterocycles. The first-order valence-electron chi connectivity index (χ1n) is 7.29. The third kappa shape index (κ3) is 3.31. The molecule has 0 aliphatic carbocycles. The Balaban J connectivity index is 1.61. The van der Waals surface area contributed by atoms with Crippen LogP contribution in [0.4, 0.5) is 4.79 Å². The molecule has 1 aromatic heterocycles. The fourth-order valence-corrected chi connectivity index (χ4v) is 2.31. The number of carbonyl (C=O) groups excluding carboxylic acids is 2. The number of amides is 2. The molecule has 1 aliphatic rings. The van der Waals surface area contributed by atoms with Crippen molar-refractivity contribution in [3.8, 4) is 0 Å². The third-order valence-corrected chi connectivity index (χ3v) is 3.56. The van der Waals surface area contributed by atoms with Crippen LogP contribution in [-0.2, 0) is 24.4 Å². The monoisotopic (exact) mass is 315 g/mol. The maximum atomic E-state index is 12.1. The summed E-state index contributed by atoms with van der Waals surface area (Å²) in [5, 5.41) is 6.60. The van der Waals surface area contributed by atoms with Gasteiger partial charge in [0.05, 0.1) is 13.1 Å². The molecule has 0 spiro atoms. The average molecular weight is 315 g/mol. The van der Waals surface area contributed by atoms with Gasteiger partial charge in [-0.05, 0) is 5.56 Å². The Morgan fingerprint density at radius 1 is 1.26 bits per heavy atom. The molecule has 3 rings (SSSR count). The van der Waals surface area contributed by atoms with E-state index in [2.05, 4.69) is 15.4 Å². The molecule has 120 valence electrons. The molecule has 0 radical (unpaired) electrons. The van der Waals surface area contributed by atoms with Crippen molar-refractivity contribution >= 4 is 12.0 Å². The van der Waals surface area contributed by atoms with Gasteiger partial charge >= 0.3 is 6.09 Å². The molecule has 8 nitrogen and oxygen atoms in total. The number of rotatable bonds is 3. The summed E-state index contributed by atoms with van der Waals surface area (Å²) >= 11 is 0. The van der Waals surface area contributed by atoms with Crippen LogP contribution in [0.1, 0.15) is 22.0 Å². The van der Waals surface area contributed by atoms with Gasteiger partial charge in [-0.25, -0.2) is 14.5 Å². The number of fused-ring (bicyclic) bond motifs is 1. The molecule has 1 aromatic carbocycles. The summed E-state index contributed by atoms with van der Waals surface area (Å²) in [6.45, 7) is 1.46. The summed E-state index contributed by atoms with van der Waals surface area (Å²) in [5.41, 5.74) is 0.933. The van der Waals surface area contributed by atoms with E-state index in [0.717, 1.165) is 5.56 Å². The molecular formula is C15H17N5O3. The first-order valence-corrected chi connectivity index (χ1v) is 7.29. The Bertz CT molecular complexity index is 713. The van der Waals surface area contributed by atoms with Crippen molar-refractivity contribution in [2.24, 2.45) is 0 Å². The normalized spacial score (nSPS) is 13.3. The van der Waals surface area contributed by atoms with Gasteiger partial charge in [0.1, 0.15) is 12.4 Å². The lowest BCUT2D eigenvalue weighted by Crippen LogP contribution is -2.39. The van der Waals surface area contributed by atoms with Crippen LogP contribution >= 0.6 is 0 Å². The van der Waals surface area contributed by atoms with Crippen LogP contribution in [0.2, 0.25) is 0 Å². The zero-order valence-electron chi connectivity index (χ0n) is 12.7. The quantitative estimate of drug-likeness (QED) is 0.904. The summed E-state index contributed by atoms with van der Waals surface area (Å²) in [6.07, 6.45) is -0.399. The summed E-state index contributed by atoms with van der Waals surface area (Å²) in [6, 6.07) is 9.50. The van der Waals surface area contributed by atoms with E-state index in [4.69, 9.17) is 4.74 Å². The van der Waals surface area contributed by atoms with Crippen molar-refractivity contribution in [3.05, 3.63) is 47.5 Å². The minimum atomic E-state index is -0.399. The number of benzene rings is 1. The van der Waals surface area contributed by atoms with E-state index in [-0.39, 0.29) is 24.9 Å². The third-order valence-electron chi connectivity index (χ3n) is 3.56. The van der Waals surface area contributed by atoms with Gasteiger partial charge in [0, 0.05) is 13.6 Å². The lowest BCUT2D eigenvalue weighted by atomic mass is 10.2. The van der Waals surface area contributed by atoms with Crippen LogP contribution in [0.25, 0.3) is 0 Å². The minimum Gasteiger partial charge on any atom is -0.445 e. The van der Waals surface area contributed by atoms with Crippen molar-refractivity contribution < 1.29 is 14.3 Å². The molecule has 0 unspecified atom stereocenters. The lowest BCUT2D eigenvalue weighted by molar-refractivity contribution is 0.0850. The molecule has 0 atom stereocenters. The van der Waals surface area contributed by atoms with E-state index in [9.17, 15) is 9.59 Å². The van der Waals surface area contributed by atoms with Gasteiger partial charge < -0.3 is 10.1 Å². The van der Waals surface area contributed by atoms with E-state index >= 15 is 0 Å². The van der Waals surface area contributed by atoms with Crippen LogP contribution in [0, 0.1) is 0 Å². The largest absolute Gasteiger partial charge is 0.445 e. The van der Waals surface area contributed by atoms with Crippen molar-refractivity contribution in [2.45, 2.75) is 19.7 Å². The average Bonchev–Trinajstić information content (AvgIpc) is 3.03. The Hall–Kier alpha value is -2.90. The maximum Gasteiger partial charge on any atom is 0.410 e. The molecular weight excluding hydrogens is 298 g/mol. The number of ether oxygens (including phenoxy) is 1. The van der Waals surface area contributed by atoms with Gasteiger partial charge in [0.15, 0.2) is 0 Å². The van der Waals surface area contributed by atoms with Gasteiger partial charge in [0.25, 0.3) is 5.91 Å². The van der Waals surface area contributed by atoms with Crippen molar-refractivity contribution in [3.63, 3.8) is 0 Å². The number of carbonyl (C=O) groups is 2. The second kappa shape index (κ2) is 6.47. The maximum absolute atomic E-state index is 12.1. The highest BCUT2D eigenvalue weighted by atomic mass is 16.6. The predicted molar refractivity (Wildman–Crippen MR) is 80.4 cm³/mol. The molecule has 0 saturated carbocycles. The topological polar surface area (TPSA) is 89.4 Å². The number of aromatic nitrogens is 3. The van der Waals surface area contributed by atoms with Crippen LogP contribution < -0.4 is 5.32 Å². The van der Waals surface area contributed by atoms with E-state index in [1.54, 1.807) is 9.58 Å². The molecule has 23 heavy (non-hydrogen) atoms. The molecule has 0 bridgehead atoms. The molecule has 1 N–H and O–H groups in total. The molecule has 0 saturated heterocycles. The second-order valence-corrected chi connectivity index (χ2v) is 5.12. The molecule has 8 heteroatoms. The van der Waals surface area contributed by atoms with E-state index in [1.807, 2.05) is 30.3 Å². The zero-order valence-corrected chi connectivity index (χ0v) is 12.7. The summed E-state index contributed by atoms with van der Waals surface area (Å²) in [7, 11) is 1.52. The van der Waals surface area contributed by atoms with Gasteiger partial charge in [-0.3, -0.25) is 9.69 Å². The Morgan fingerprint density at radius 3 is 2.78 bits per heavy atom. The summed E-state index contributed by atoms with van der Waals surface area (Å²) in [4.78, 5) is 29.4. The Labute approximate surface area is 133 Å². The van der Waals surface area contributed by atoms with Gasteiger partial charge in [-0.15, -0.1) is 5.10 Å². The van der Waals surface area contributed by atoms with Crippen LogP contribution in [0.5, 0.6) is 0 Å². The first-order chi connectivity index (χ1) is 11.2. The van der Waals surface area contributed by atoms with Crippen LogP contribution in [-0.4, -0.2) is 45.3 Å². The fraction of sp³-hybridized carbons (Fsp3) is 0.333. The van der Waals surface area contributed by atoms with E-state index < -0.39 is 6.09 Å². The SMILES string of the molecule is CNC(=O)c1nc2n(n1)CCN(C(=O)OCc1ccccc1)C2. The molecule has 2 amide bonds. The van der Waals surface area contributed by atoms with Gasteiger partial charge in [0.2, 0.25) is 5.82 Å². The van der Waals surface area contributed by atoms with Gasteiger partial charge in [-0.2, -0.15) is 0 Å². The van der Waals surface area contributed by atoms with Crippen molar-refractivity contribution in [1.29, 1.82) is 0 Å². The molecule has 0 fully saturated rings. The highest BCUT2D eigenvalue weighted by Crippen LogP contribution is 2.12. The van der Waals surface area contributed by atoms with Crippen molar-refractivity contribution in [1.82, 2.24) is 25.0 Å². The zero-order chi connectivity index (χ0) is 16.2. The molecule has 2 aromatic rings. The lowest BCUT2D eigenvalue weighted by Gasteiger charge is -2.25. The number of nitrogens with one attached hydrogen (secondary N) is 1. The minimum absolute atomic E-state index is 0.113. The van der Waals surface area contributed by atoms with Crippen LogP contribution in [0.3, 0.4) is 0 Å². The number of hydrogen-bond acceptors (Lipinski definition) is 5. The van der Waals surface area contributed by atoms with Crippen molar-refractivity contribution in [2.75, 3.05) is 13.6 Å². The van der Waals surface area contributed by atoms with E-state index in [1.165, 1.54) is 7.05 Å². The second-order valence-electron chi connectivity index (χ2n) is 5.12. The predicted octanol–water partition coefficient (Wildman–Crippen LogP) is 0.790. The Kier molecular flexibility index (Phi) is 4.22. The Morgan fingerprint density at radius 2 is 2.04 bits per heavy atom. The van der Waals surface area contributed by atoms with Gasteiger partial charge in [-0.1, -0.05) is 30.3 Å². The summed E-state index contributed by atoms with van der Waals surface area (Å²) < 4.78 is 6.95. The smallest absolute Gasteiger partial charge is 0.410 e. The summed E-state index contributed by atoms with van der Waals surface area (Å²) in [5.74, 6) is 0.346. The molecule has 2 heterocycles. The highest BCUT2D eigenvalue weighted by Gasteiger charge is 2.25. The van der Waals surface area contributed by atoms with E-state index in [0.29, 0.717) is 18.9 Å². The number of hydrogen-bond donors (Lipinski definition) is 1. The first kappa shape index (κ1) is 15.0. The number of nitrogens with zero attached hydrogens (tertiary/aromatic N) is 4.